The second kappa shape index (κ2) is 7.97. The molecule has 2 aliphatic rings. The first-order chi connectivity index (χ1) is 12.7. The molecule has 1 saturated heterocycles. The second-order valence-corrected chi connectivity index (χ2v) is 10.1. The summed E-state index contributed by atoms with van der Waals surface area (Å²) in [5, 5.41) is 3.66. The van der Waals surface area contributed by atoms with Crippen molar-refractivity contribution in [2.24, 2.45) is 5.92 Å². The largest absolute Gasteiger partial charge is 0.351 e. The summed E-state index contributed by atoms with van der Waals surface area (Å²) >= 11 is 12.3. The zero-order valence-electron chi connectivity index (χ0n) is 15.0. The molecular weight excluding hydrogens is 411 g/mol. The predicted octanol–water partition coefficient (Wildman–Crippen LogP) is 2.25. The van der Waals surface area contributed by atoms with Crippen LogP contribution in [0, 0.1) is 5.92 Å². The summed E-state index contributed by atoms with van der Waals surface area (Å²) < 4.78 is 23.0. The summed E-state index contributed by atoms with van der Waals surface area (Å²) in [7, 11) is -3.06. The zero-order valence-corrected chi connectivity index (χ0v) is 17.3. The van der Waals surface area contributed by atoms with Crippen LogP contribution in [-0.2, 0) is 19.4 Å². The number of sulfone groups is 1. The van der Waals surface area contributed by atoms with Gasteiger partial charge in [0.1, 0.15) is 0 Å². The first-order valence-electron chi connectivity index (χ1n) is 8.94. The number of halogens is 2. The van der Waals surface area contributed by atoms with Crippen LogP contribution in [0.3, 0.4) is 0 Å². The smallest absolute Gasteiger partial charge is 0.239 e. The van der Waals surface area contributed by atoms with Gasteiger partial charge in [0.25, 0.3) is 0 Å². The van der Waals surface area contributed by atoms with Crippen LogP contribution >= 0.6 is 23.2 Å². The fourth-order valence-corrected chi connectivity index (χ4v) is 5.68. The summed E-state index contributed by atoms with van der Waals surface area (Å²) in [6.07, 6.45) is 1.10. The van der Waals surface area contributed by atoms with Crippen LogP contribution in [-0.4, -0.2) is 55.8 Å². The maximum atomic E-state index is 12.8. The first-order valence-corrected chi connectivity index (χ1v) is 11.5. The van der Waals surface area contributed by atoms with E-state index in [1.807, 2.05) is 19.1 Å². The molecule has 1 aliphatic heterocycles. The highest BCUT2D eigenvalue weighted by molar-refractivity contribution is 7.91. The van der Waals surface area contributed by atoms with E-state index in [9.17, 15) is 18.0 Å². The van der Waals surface area contributed by atoms with Gasteiger partial charge in [0.05, 0.1) is 28.1 Å². The standard InChI is InChI=1S/C18H22Cl2N2O4S/c1-2-22(9-16(23)21-11-6-7-27(25,26)10-11)18(24)14-8-13(14)12-4-3-5-15(19)17(12)20/h3-5,11,13-14H,2,6-10H2,1H3,(H,21,23). The van der Waals surface area contributed by atoms with Crippen LogP contribution in [0.4, 0.5) is 0 Å². The Kier molecular flexibility index (Phi) is 6.03. The Morgan fingerprint density at radius 3 is 2.67 bits per heavy atom. The minimum absolute atomic E-state index is 0.0146. The molecule has 2 amide bonds. The van der Waals surface area contributed by atoms with Gasteiger partial charge in [-0.2, -0.15) is 0 Å². The number of likely N-dealkylation sites (N-methyl/N-ethyl adjacent to an activating group) is 1. The Morgan fingerprint density at radius 2 is 2.04 bits per heavy atom. The molecule has 0 radical (unpaired) electrons. The third-order valence-electron chi connectivity index (χ3n) is 5.11. The van der Waals surface area contributed by atoms with Crippen LogP contribution in [0.15, 0.2) is 18.2 Å². The van der Waals surface area contributed by atoms with Crippen LogP contribution in [0.25, 0.3) is 0 Å². The molecule has 3 unspecified atom stereocenters. The Balaban J connectivity index is 1.57. The molecule has 2 fully saturated rings. The Bertz CT molecular complexity index is 859. The van der Waals surface area contributed by atoms with Crippen molar-refractivity contribution in [3.8, 4) is 0 Å². The van der Waals surface area contributed by atoms with E-state index in [-0.39, 0.29) is 47.7 Å². The van der Waals surface area contributed by atoms with Gasteiger partial charge in [-0.15, -0.1) is 0 Å². The zero-order chi connectivity index (χ0) is 19.8. The normalized spacial score (nSPS) is 25.8. The Morgan fingerprint density at radius 1 is 1.30 bits per heavy atom. The summed E-state index contributed by atoms with van der Waals surface area (Å²) in [5.41, 5.74) is 0.860. The van der Waals surface area contributed by atoms with E-state index in [2.05, 4.69) is 5.32 Å². The number of carbonyl (C=O) groups excluding carboxylic acids is 2. The molecule has 6 nitrogen and oxygen atoms in total. The molecule has 0 aromatic heterocycles. The Hall–Kier alpha value is -1.31. The molecule has 1 saturated carbocycles. The number of nitrogens with zero attached hydrogens (tertiary/aromatic N) is 1. The van der Waals surface area contributed by atoms with Crippen LogP contribution in [0.5, 0.6) is 0 Å². The van der Waals surface area contributed by atoms with Crippen molar-refractivity contribution >= 4 is 44.9 Å². The molecule has 1 heterocycles. The highest BCUT2D eigenvalue weighted by atomic mass is 35.5. The van der Waals surface area contributed by atoms with E-state index >= 15 is 0 Å². The van der Waals surface area contributed by atoms with Gasteiger partial charge in [-0.25, -0.2) is 8.42 Å². The van der Waals surface area contributed by atoms with E-state index in [1.165, 1.54) is 4.90 Å². The lowest BCUT2D eigenvalue weighted by atomic mass is 10.1. The fourth-order valence-electron chi connectivity index (χ4n) is 3.55. The molecule has 1 aromatic carbocycles. The molecule has 1 N–H and O–H groups in total. The molecule has 3 atom stereocenters. The van der Waals surface area contributed by atoms with Gasteiger partial charge in [0.15, 0.2) is 9.84 Å². The highest BCUT2D eigenvalue weighted by Gasteiger charge is 2.46. The van der Waals surface area contributed by atoms with E-state index in [1.54, 1.807) is 6.07 Å². The number of hydrogen-bond acceptors (Lipinski definition) is 4. The maximum absolute atomic E-state index is 12.8. The van der Waals surface area contributed by atoms with Crippen molar-refractivity contribution in [1.29, 1.82) is 0 Å². The van der Waals surface area contributed by atoms with E-state index in [4.69, 9.17) is 23.2 Å². The predicted molar refractivity (Wildman–Crippen MR) is 105 cm³/mol. The SMILES string of the molecule is CCN(CC(=O)NC1CCS(=O)(=O)C1)C(=O)C1CC1c1cccc(Cl)c1Cl. The number of amides is 2. The van der Waals surface area contributed by atoms with E-state index in [0.29, 0.717) is 29.4 Å². The van der Waals surface area contributed by atoms with Gasteiger partial charge in [-0.3, -0.25) is 9.59 Å². The molecule has 3 rings (SSSR count). The van der Waals surface area contributed by atoms with Crippen molar-refractivity contribution in [3.63, 3.8) is 0 Å². The first kappa shape index (κ1) is 20.4. The lowest BCUT2D eigenvalue weighted by molar-refractivity contribution is -0.137. The summed E-state index contributed by atoms with van der Waals surface area (Å²) in [5.74, 6) is -0.547. The van der Waals surface area contributed by atoms with Gasteiger partial charge in [-0.1, -0.05) is 35.3 Å². The maximum Gasteiger partial charge on any atom is 0.239 e. The average molecular weight is 433 g/mol. The fraction of sp³-hybridized carbons (Fsp3) is 0.556. The third kappa shape index (κ3) is 4.76. The van der Waals surface area contributed by atoms with Crippen molar-refractivity contribution in [2.75, 3.05) is 24.6 Å². The molecular formula is C18H22Cl2N2O4S. The number of carbonyl (C=O) groups is 2. The number of nitrogens with one attached hydrogen (secondary N) is 1. The molecule has 9 heteroatoms. The summed E-state index contributed by atoms with van der Waals surface area (Å²) in [6, 6.07) is 5.02. The molecule has 0 bridgehead atoms. The molecule has 148 valence electrons. The number of benzene rings is 1. The van der Waals surface area contributed by atoms with Crippen molar-refractivity contribution < 1.29 is 18.0 Å². The van der Waals surface area contributed by atoms with Gasteiger partial charge in [0, 0.05) is 18.5 Å². The third-order valence-corrected chi connectivity index (χ3v) is 7.72. The highest BCUT2D eigenvalue weighted by Crippen LogP contribution is 2.51. The minimum Gasteiger partial charge on any atom is -0.351 e. The molecule has 1 aromatic rings. The summed E-state index contributed by atoms with van der Waals surface area (Å²) in [4.78, 5) is 26.5. The van der Waals surface area contributed by atoms with Gasteiger partial charge in [-0.05, 0) is 37.3 Å². The quantitative estimate of drug-likeness (QED) is 0.746. The van der Waals surface area contributed by atoms with Crippen molar-refractivity contribution in [1.82, 2.24) is 10.2 Å². The Labute approximate surface area is 169 Å². The van der Waals surface area contributed by atoms with Gasteiger partial charge >= 0.3 is 0 Å². The van der Waals surface area contributed by atoms with E-state index in [0.717, 1.165) is 5.56 Å². The second-order valence-electron chi connectivity index (χ2n) is 7.11. The van der Waals surface area contributed by atoms with Crippen molar-refractivity contribution in [2.45, 2.75) is 31.7 Å². The lowest BCUT2D eigenvalue weighted by Crippen LogP contribution is -2.45. The lowest BCUT2D eigenvalue weighted by Gasteiger charge is -2.22. The van der Waals surface area contributed by atoms with Crippen molar-refractivity contribution in [3.05, 3.63) is 33.8 Å². The number of rotatable bonds is 6. The van der Waals surface area contributed by atoms with Crippen LogP contribution in [0.1, 0.15) is 31.2 Å². The average Bonchev–Trinajstić information content (AvgIpc) is 3.32. The van der Waals surface area contributed by atoms with Gasteiger partial charge in [0.2, 0.25) is 11.8 Å². The number of hydrogen-bond donors (Lipinski definition) is 1. The minimum atomic E-state index is -3.06. The topological polar surface area (TPSA) is 83.6 Å². The molecule has 27 heavy (non-hydrogen) atoms. The van der Waals surface area contributed by atoms with Gasteiger partial charge < -0.3 is 10.2 Å². The molecule has 1 aliphatic carbocycles. The van der Waals surface area contributed by atoms with Crippen LogP contribution in [0.2, 0.25) is 10.0 Å². The van der Waals surface area contributed by atoms with E-state index < -0.39 is 9.84 Å². The van der Waals surface area contributed by atoms with Crippen LogP contribution < -0.4 is 5.32 Å². The summed E-state index contributed by atoms with van der Waals surface area (Å²) in [6.45, 7) is 2.15. The monoisotopic (exact) mass is 432 g/mol. The molecule has 0 spiro atoms.